The highest BCUT2D eigenvalue weighted by Crippen LogP contribution is 2.23. The Balaban J connectivity index is 1.90. The summed E-state index contributed by atoms with van der Waals surface area (Å²) in [7, 11) is 0. The topological polar surface area (TPSA) is 32.3 Å². The lowest BCUT2D eigenvalue weighted by molar-refractivity contribution is -0.116. The largest absolute Gasteiger partial charge is 0.326 e. The van der Waals surface area contributed by atoms with Crippen molar-refractivity contribution in [2.24, 2.45) is 0 Å². The highest BCUT2D eigenvalue weighted by Gasteiger charge is 2.21. The van der Waals surface area contributed by atoms with Crippen LogP contribution in [0.4, 0.5) is 5.69 Å². The summed E-state index contributed by atoms with van der Waals surface area (Å²) in [6, 6.07) is 4.92. The Morgan fingerprint density at radius 1 is 1.23 bits per heavy atom. The van der Waals surface area contributed by atoms with Crippen LogP contribution in [0.5, 0.6) is 0 Å². The summed E-state index contributed by atoms with van der Waals surface area (Å²) in [6.07, 6.45) is 5.67. The molecule has 3 nitrogen and oxygen atoms in total. The second kappa shape index (κ2) is 7.77. The Kier molecular flexibility index (Phi) is 6.01. The zero-order chi connectivity index (χ0) is 16.1. The summed E-state index contributed by atoms with van der Waals surface area (Å²) in [6.45, 7) is 10.5. The molecule has 1 aromatic carbocycles. The Hall–Kier alpha value is -1.35. The molecule has 22 heavy (non-hydrogen) atoms. The van der Waals surface area contributed by atoms with Crippen molar-refractivity contribution in [2.75, 3.05) is 18.4 Å². The normalized spacial score (nSPS) is 19.2. The maximum absolute atomic E-state index is 12.3. The molecule has 1 saturated heterocycles. The van der Waals surface area contributed by atoms with Crippen LogP contribution in [-0.2, 0) is 4.79 Å². The highest BCUT2D eigenvalue weighted by atomic mass is 16.1. The Morgan fingerprint density at radius 2 is 1.91 bits per heavy atom. The molecule has 0 bridgehead atoms. The maximum atomic E-state index is 12.3. The number of aryl methyl sites for hydroxylation is 3. The molecular formula is C19H30N2O. The number of rotatable bonds is 5. The number of carbonyl (C=O) groups excluding carboxylic acids is 1. The third kappa shape index (κ3) is 4.33. The number of nitrogens with one attached hydrogen (secondary N) is 1. The quantitative estimate of drug-likeness (QED) is 0.884. The van der Waals surface area contributed by atoms with E-state index in [1.807, 2.05) is 0 Å². The molecule has 0 aromatic heterocycles. The number of benzene rings is 1. The van der Waals surface area contributed by atoms with Gasteiger partial charge in [0.25, 0.3) is 0 Å². The summed E-state index contributed by atoms with van der Waals surface area (Å²) in [4.78, 5) is 14.8. The summed E-state index contributed by atoms with van der Waals surface area (Å²) < 4.78 is 0. The molecule has 122 valence electrons. The molecular weight excluding hydrogens is 272 g/mol. The minimum atomic E-state index is 0.135. The van der Waals surface area contributed by atoms with E-state index in [1.165, 1.54) is 31.2 Å². The van der Waals surface area contributed by atoms with Crippen molar-refractivity contribution < 1.29 is 4.79 Å². The lowest BCUT2D eigenvalue weighted by atomic mass is 10.00. The number of hydrogen-bond acceptors (Lipinski definition) is 2. The van der Waals surface area contributed by atoms with Crippen LogP contribution in [0.3, 0.4) is 0 Å². The number of nitrogens with zero attached hydrogens (tertiary/aromatic N) is 1. The molecule has 1 aromatic rings. The van der Waals surface area contributed by atoms with Gasteiger partial charge in [-0.05, 0) is 57.7 Å². The van der Waals surface area contributed by atoms with Crippen molar-refractivity contribution in [3.63, 3.8) is 0 Å². The van der Waals surface area contributed by atoms with Crippen LogP contribution in [0.2, 0.25) is 0 Å². The summed E-state index contributed by atoms with van der Waals surface area (Å²) in [5.41, 5.74) is 4.53. The van der Waals surface area contributed by atoms with Crippen molar-refractivity contribution >= 4 is 11.6 Å². The van der Waals surface area contributed by atoms with Crippen molar-refractivity contribution in [3.8, 4) is 0 Å². The fourth-order valence-electron chi connectivity index (χ4n) is 3.64. The van der Waals surface area contributed by atoms with Gasteiger partial charge in [-0.25, -0.2) is 0 Å². The summed E-state index contributed by atoms with van der Waals surface area (Å²) in [5, 5.41) is 3.11. The van der Waals surface area contributed by atoms with Crippen molar-refractivity contribution in [3.05, 3.63) is 28.8 Å². The molecule has 1 heterocycles. The van der Waals surface area contributed by atoms with E-state index in [2.05, 4.69) is 50.0 Å². The summed E-state index contributed by atoms with van der Waals surface area (Å²) >= 11 is 0. The molecule has 0 radical (unpaired) electrons. The van der Waals surface area contributed by atoms with Crippen LogP contribution >= 0.6 is 0 Å². The van der Waals surface area contributed by atoms with Gasteiger partial charge in [-0.1, -0.05) is 31.0 Å². The van der Waals surface area contributed by atoms with Gasteiger partial charge in [0.2, 0.25) is 5.91 Å². The number of carbonyl (C=O) groups is 1. The SMILES string of the molecule is CCC1CCCCN1CCC(=O)Nc1c(C)cc(C)cc1C. The van der Waals surface area contributed by atoms with E-state index in [-0.39, 0.29) is 5.91 Å². The van der Waals surface area contributed by atoms with Gasteiger partial charge in [0.15, 0.2) is 0 Å². The third-order valence-electron chi connectivity index (χ3n) is 4.79. The van der Waals surface area contributed by atoms with Gasteiger partial charge < -0.3 is 5.32 Å². The number of amides is 1. The van der Waals surface area contributed by atoms with E-state index in [9.17, 15) is 4.79 Å². The Morgan fingerprint density at radius 3 is 2.55 bits per heavy atom. The van der Waals surface area contributed by atoms with E-state index in [0.717, 1.165) is 29.9 Å². The zero-order valence-electron chi connectivity index (χ0n) is 14.5. The van der Waals surface area contributed by atoms with Crippen LogP contribution in [0.15, 0.2) is 12.1 Å². The van der Waals surface area contributed by atoms with Crippen LogP contribution in [0.25, 0.3) is 0 Å². The molecule has 3 heteroatoms. The molecule has 1 amide bonds. The monoisotopic (exact) mass is 302 g/mol. The minimum absolute atomic E-state index is 0.135. The molecule has 1 aliphatic rings. The van der Waals surface area contributed by atoms with Crippen LogP contribution in [-0.4, -0.2) is 29.9 Å². The molecule has 1 atom stereocenters. The van der Waals surface area contributed by atoms with Gasteiger partial charge in [0.05, 0.1) is 0 Å². The Bertz CT molecular complexity index is 501. The number of likely N-dealkylation sites (tertiary alicyclic amines) is 1. The van der Waals surface area contributed by atoms with Gasteiger partial charge in [0.1, 0.15) is 0 Å². The molecule has 2 rings (SSSR count). The van der Waals surface area contributed by atoms with Gasteiger partial charge in [-0.2, -0.15) is 0 Å². The molecule has 0 saturated carbocycles. The van der Waals surface area contributed by atoms with E-state index < -0.39 is 0 Å². The minimum Gasteiger partial charge on any atom is -0.326 e. The Labute approximate surface area is 135 Å². The first kappa shape index (κ1) is 17.0. The first-order valence-electron chi connectivity index (χ1n) is 8.63. The van der Waals surface area contributed by atoms with E-state index in [4.69, 9.17) is 0 Å². The van der Waals surface area contributed by atoms with Crippen molar-refractivity contribution in [1.82, 2.24) is 4.90 Å². The van der Waals surface area contributed by atoms with E-state index >= 15 is 0 Å². The average molecular weight is 302 g/mol. The van der Waals surface area contributed by atoms with Gasteiger partial charge in [-0.3, -0.25) is 9.69 Å². The molecule has 1 N–H and O–H groups in total. The smallest absolute Gasteiger partial charge is 0.225 e. The van der Waals surface area contributed by atoms with Gasteiger partial charge >= 0.3 is 0 Å². The molecule has 1 fully saturated rings. The number of piperidine rings is 1. The molecule has 0 aliphatic carbocycles. The maximum Gasteiger partial charge on any atom is 0.225 e. The van der Waals surface area contributed by atoms with Crippen LogP contribution < -0.4 is 5.32 Å². The molecule has 0 spiro atoms. The fourth-order valence-corrected chi connectivity index (χ4v) is 3.64. The van der Waals surface area contributed by atoms with Crippen LogP contribution in [0, 0.1) is 20.8 Å². The summed E-state index contributed by atoms with van der Waals surface area (Å²) in [5.74, 6) is 0.135. The van der Waals surface area contributed by atoms with Crippen molar-refractivity contribution in [1.29, 1.82) is 0 Å². The predicted molar refractivity (Wildman–Crippen MR) is 93.4 cm³/mol. The lowest BCUT2D eigenvalue weighted by Gasteiger charge is -2.35. The standard InChI is InChI=1S/C19H30N2O/c1-5-17-8-6-7-10-21(17)11-9-18(22)20-19-15(3)12-14(2)13-16(19)4/h12-13,17H,5-11H2,1-4H3,(H,20,22). The fraction of sp³-hybridized carbons (Fsp3) is 0.632. The first-order valence-corrected chi connectivity index (χ1v) is 8.63. The van der Waals surface area contributed by atoms with Crippen LogP contribution in [0.1, 0.15) is 55.7 Å². The van der Waals surface area contributed by atoms with Crippen molar-refractivity contribution in [2.45, 2.75) is 65.8 Å². The lowest BCUT2D eigenvalue weighted by Crippen LogP contribution is -2.40. The second-order valence-electron chi connectivity index (χ2n) is 6.67. The first-order chi connectivity index (χ1) is 10.5. The number of anilines is 1. The van der Waals surface area contributed by atoms with Gasteiger partial charge in [0, 0.05) is 24.7 Å². The third-order valence-corrected chi connectivity index (χ3v) is 4.79. The average Bonchev–Trinajstić information content (AvgIpc) is 2.49. The van der Waals surface area contributed by atoms with Gasteiger partial charge in [-0.15, -0.1) is 0 Å². The second-order valence-corrected chi connectivity index (χ2v) is 6.67. The molecule has 1 aliphatic heterocycles. The predicted octanol–water partition coefficient (Wildman–Crippen LogP) is 4.20. The molecule has 1 unspecified atom stereocenters. The van der Waals surface area contributed by atoms with E-state index in [0.29, 0.717) is 12.5 Å². The zero-order valence-corrected chi connectivity index (χ0v) is 14.5. The number of hydrogen-bond donors (Lipinski definition) is 1. The highest BCUT2D eigenvalue weighted by molar-refractivity contribution is 5.92. The van der Waals surface area contributed by atoms with E-state index in [1.54, 1.807) is 0 Å².